The molecule has 3 aliphatic rings. The lowest BCUT2D eigenvalue weighted by atomic mass is 9.94. The van der Waals surface area contributed by atoms with Crippen LogP contribution in [0.4, 0.5) is 0 Å². The van der Waals surface area contributed by atoms with E-state index >= 15 is 0 Å². The fourth-order valence-corrected chi connectivity index (χ4v) is 3.97. The lowest BCUT2D eigenvalue weighted by Crippen LogP contribution is -2.39. The summed E-state index contributed by atoms with van der Waals surface area (Å²) in [6, 6.07) is 0.798. The molecule has 3 rings (SSSR count). The molecule has 0 radical (unpaired) electrons. The van der Waals surface area contributed by atoms with E-state index in [9.17, 15) is 0 Å². The Morgan fingerprint density at radius 3 is 2.81 bits per heavy atom. The molecule has 0 aromatic rings. The Morgan fingerprint density at radius 1 is 1.25 bits per heavy atom. The van der Waals surface area contributed by atoms with Gasteiger partial charge in [-0.2, -0.15) is 0 Å². The van der Waals surface area contributed by atoms with Crippen LogP contribution in [-0.2, 0) is 0 Å². The molecule has 2 aliphatic carbocycles. The molecule has 1 aliphatic heterocycles. The average molecular weight is 222 g/mol. The Labute approximate surface area is 99.8 Å². The summed E-state index contributed by atoms with van der Waals surface area (Å²) in [7, 11) is 2.31. The summed E-state index contributed by atoms with van der Waals surface area (Å²) in [5.74, 6) is 4.02. The third kappa shape index (κ3) is 2.14. The van der Waals surface area contributed by atoms with Crippen molar-refractivity contribution in [1.29, 1.82) is 0 Å². The van der Waals surface area contributed by atoms with Crippen LogP contribution in [0.2, 0.25) is 0 Å². The number of fused-ring (bicyclic) bond motifs is 1. The topological polar surface area (TPSA) is 15.3 Å². The van der Waals surface area contributed by atoms with Gasteiger partial charge < -0.3 is 10.2 Å². The van der Waals surface area contributed by atoms with Crippen LogP contribution < -0.4 is 5.32 Å². The van der Waals surface area contributed by atoms with Crippen LogP contribution in [-0.4, -0.2) is 37.6 Å². The van der Waals surface area contributed by atoms with Crippen LogP contribution in [0.5, 0.6) is 0 Å². The number of nitrogens with zero attached hydrogens (tertiary/aromatic N) is 1. The molecule has 5 unspecified atom stereocenters. The summed E-state index contributed by atoms with van der Waals surface area (Å²) >= 11 is 0. The second-order valence-corrected chi connectivity index (χ2v) is 6.56. The molecule has 0 spiro atoms. The van der Waals surface area contributed by atoms with E-state index < -0.39 is 0 Å². The van der Waals surface area contributed by atoms with Crippen molar-refractivity contribution < 1.29 is 0 Å². The van der Waals surface area contributed by atoms with Crippen molar-refractivity contribution in [2.45, 2.75) is 38.6 Å². The van der Waals surface area contributed by atoms with Gasteiger partial charge in [-0.25, -0.2) is 0 Å². The first-order valence-electron chi connectivity index (χ1n) is 7.16. The lowest BCUT2D eigenvalue weighted by molar-refractivity contribution is 0.255. The summed E-state index contributed by atoms with van der Waals surface area (Å²) in [6.07, 6.45) is 5.92. The third-order valence-electron chi connectivity index (χ3n) is 5.21. The van der Waals surface area contributed by atoms with E-state index in [4.69, 9.17) is 0 Å². The molecule has 5 atom stereocenters. The predicted molar refractivity (Wildman–Crippen MR) is 67.4 cm³/mol. The van der Waals surface area contributed by atoms with Crippen molar-refractivity contribution in [3.8, 4) is 0 Å². The molecule has 1 saturated heterocycles. The van der Waals surface area contributed by atoms with Crippen LogP contribution in [0.3, 0.4) is 0 Å². The SMILES string of the molecule is CC1CC1CN(C)CC1NCC2CCCC21. The minimum Gasteiger partial charge on any atom is -0.312 e. The summed E-state index contributed by atoms with van der Waals surface area (Å²) < 4.78 is 0. The zero-order valence-corrected chi connectivity index (χ0v) is 10.8. The summed E-state index contributed by atoms with van der Waals surface area (Å²) in [5.41, 5.74) is 0. The van der Waals surface area contributed by atoms with E-state index in [1.165, 1.54) is 45.3 Å². The maximum Gasteiger partial charge on any atom is 0.0226 e. The van der Waals surface area contributed by atoms with Crippen molar-refractivity contribution in [2.75, 3.05) is 26.7 Å². The Hall–Kier alpha value is -0.0800. The first kappa shape index (κ1) is 11.0. The Morgan fingerprint density at radius 2 is 2.06 bits per heavy atom. The highest BCUT2D eigenvalue weighted by molar-refractivity contribution is 4.95. The minimum atomic E-state index is 0.798. The van der Waals surface area contributed by atoms with Crippen molar-refractivity contribution in [2.24, 2.45) is 23.7 Å². The number of likely N-dealkylation sites (N-methyl/N-ethyl adjacent to an activating group) is 1. The Bertz CT molecular complexity index is 253. The van der Waals surface area contributed by atoms with E-state index in [1.807, 2.05) is 0 Å². The number of nitrogens with one attached hydrogen (secondary N) is 1. The molecule has 0 amide bonds. The highest BCUT2D eigenvalue weighted by Crippen LogP contribution is 2.39. The molecule has 2 nitrogen and oxygen atoms in total. The van der Waals surface area contributed by atoms with Gasteiger partial charge in [-0.05, 0) is 56.5 Å². The average Bonchev–Trinajstić information content (AvgIpc) is 2.69. The molecule has 3 fully saturated rings. The van der Waals surface area contributed by atoms with Gasteiger partial charge in [-0.1, -0.05) is 13.3 Å². The van der Waals surface area contributed by atoms with E-state index in [-0.39, 0.29) is 0 Å². The van der Waals surface area contributed by atoms with Crippen molar-refractivity contribution >= 4 is 0 Å². The molecule has 0 aromatic heterocycles. The minimum absolute atomic E-state index is 0.798. The molecule has 0 bridgehead atoms. The maximum absolute atomic E-state index is 3.75. The quantitative estimate of drug-likeness (QED) is 0.782. The first-order chi connectivity index (χ1) is 7.74. The molecule has 0 aromatic carbocycles. The normalized spacial score (nSPS) is 46.3. The van der Waals surface area contributed by atoms with Gasteiger partial charge in [0, 0.05) is 19.1 Å². The summed E-state index contributed by atoms with van der Waals surface area (Å²) in [6.45, 7) is 6.30. The van der Waals surface area contributed by atoms with Crippen molar-refractivity contribution in [1.82, 2.24) is 10.2 Å². The van der Waals surface area contributed by atoms with Crippen LogP contribution in [0.1, 0.15) is 32.6 Å². The number of rotatable bonds is 4. The Kier molecular flexibility index (Phi) is 2.97. The highest BCUT2D eigenvalue weighted by Gasteiger charge is 2.40. The van der Waals surface area contributed by atoms with E-state index in [0.717, 1.165) is 29.7 Å². The van der Waals surface area contributed by atoms with Gasteiger partial charge in [-0.3, -0.25) is 0 Å². The fourth-order valence-electron chi connectivity index (χ4n) is 3.97. The first-order valence-corrected chi connectivity index (χ1v) is 7.16. The van der Waals surface area contributed by atoms with Gasteiger partial charge in [0.05, 0.1) is 0 Å². The smallest absolute Gasteiger partial charge is 0.0226 e. The van der Waals surface area contributed by atoms with Gasteiger partial charge >= 0.3 is 0 Å². The second kappa shape index (κ2) is 4.30. The summed E-state index contributed by atoms with van der Waals surface area (Å²) in [4.78, 5) is 2.58. The number of hydrogen-bond acceptors (Lipinski definition) is 2. The zero-order chi connectivity index (χ0) is 11.1. The molecule has 1 heterocycles. The highest BCUT2D eigenvalue weighted by atomic mass is 15.1. The van der Waals surface area contributed by atoms with Gasteiger partial charge in [0.25, 0.3) is 0 Å². The molecule has 92 valence electrons. The van der Waals surface area contributed by atoms with Crippen LogP contribution in [0.25, 0.3) is 0 Å². The maximum atomic E-state index is 3.75. The third-order valence-corrected chi connectivity index (χ3v) is 5.21. The van der Waals surface area contributed by atoms with E-state index in [1.54, 1.807) is 0 Å². The largest absolute Gasteiger partial charge is 0.312 e. The van der Waals surface area contributed by atoms with E-state index in [0.29, 0.717) is 0 Å². The van der Waals surface area contributed by atoms with Gasteiger partial charge in [-0.15, -0.1) is 0 Å². The van der Waals surface area contributed by atoms with Crippen LogP contribution in [0, 0.1) is 23.7 Å². The van der Waals surface area contributed by atoms with Crippen LogP contribution in [0.15, 0.2) is 0 Å². The standard InChI is InChI=1S/C14H26N2/c1-10-6-12(10)8-16(2)9-14-13-5-3-4-11(13)7-15-14/h10-15H,3-9H2,1-2H3. The summed E-state index contributed by atoms with van der Waals surface area (Å²) in [5, 5.41) is 3.75. The zero-order valence-electron chi connectivity index (χ0n) is 10.8. The van der Waals surface area contributed by atoms with Crippen molar-refractivity contribution in [3.63, 3.8) is 0 Å². The van der Waals surface area contributed by atoms with Gasteiger partial charge in [0.2, 0.25) is 0 Å². The fraction of sp³-hybridized carbons (Fsp3) is 1.00. The van der Waals surface area contributed by atoms with E-state index in [2.05, 4.69) is 24.2 Å². The van der Waals surface area contributed by atoms with Gasteiger partial charge in [0.1, 0.15) is 0 Å². The molecule has 16 heavy (non-hydrogen) atoms. The number of hydrogen-bond donors (Lipinski definition) is 1. The van der Waals surface area contributed by atoms with Crippen molar-refractivity contribution in [3.05, 3.63) is 0 Å². The second-order valence-electron chi connectivity index (χ2n) is 6.56. The lowest BCUT2D eigenvalue weighted by Gasteiger charge is -2.25. The molecular formula is C14H26N2. The molecule has 2 saturated carbocycles. The monoisotopic (exact) mass is 222 g/mol. The Balaban J connectivity index is 1.47. The van der Waals surface area contributed by atoms with Gasteiger partial charge in [0.15, 0.2) is 0 Å². The van der Waals surface area contributed by atoms with Crippen LogP contribution >= 0.6 is 0 Å². The molecular weight excluding hydrogens is 196 g/mol. The molecule has 2 heteroatoms. The predicted octanol–water partition coefficient (Wildman–Crippen LogP) is 1.96. The molecule has 1 N–H and O–H groups in total.